The van der Waals surface area contributed by atoms with Crippen LogP contribution >= 0.6 is 0 Å². The molecule has 0 unspecified atom stereocenters. The van der Waals surface area contributed by atoms with Crippen LogP contribution in [0, 0.1) is 11.8 Å². The average Bonchev–Trinajstić information content (AvgIpc) is 2.69. The molecule has 168 valence electrons. The molecule has 0 bridgehead atoms. The molecule has 4 rings (SSSR count). The summed E-state index contributed by atoms with van der Waals surface area (Å²) in [6.07, 6.45) is 0.241. The molecule has 0 saturated carbocycles. The number of allylic oxidation sites excluding steroid dienone is 2. The van der Waals surface area contributed by atoms with Crippen molar-refractivity contribution in [2.75, 3.05) is 0 Å². The van der Waals surface area contributed by atoms with Crippen molar-refractivity contribution in [3.63, 3.8) is 0 Å². The van der Waals surface area contributed by atoms with Crippen molar-refractivity contribution in [3.05, 3.63) is 51.5 Å². The highest BCUT2D eigenvalue weighted by molar-refractivity contribution is 6.24. The van der Waals surface area contributed by atoms with E-state index >= 15 is 0 Å². The number of benzene rings is 1. The minimum Gasteiger partial charge on any atom is -0.511 e. The Hall–Kier alpha value is -3.66. The van der Waals surface area contributed by atoms with Crippen molar-refractivity contribution in [1.29, 1.82) is 0 Å². The number of Topliss-reactive ketones (excluding diaryl/α,β-unsaturated/α-hetero) is 2. The molecule has 2 amide bonds. The van der Waals surface area contributed by atoms with Gasteiger partial charge in [0.25, 0.3) is 5.91 Å². The van der Waals surface area contributed by atoms with Crippen molar-refractivity contribution in [2.24, 2.45) is 23.3 Å². The molecule has 0 radical (unpaired) electrons. The number of aliphatic hydroxyl groups is 3. The molecule has 0 spiro atoms. The number of primary amides is 2. The van der Waals surface area contributed by atoms with Crippen molar-refractivity contribution in [1.82, 2.24) is 0 Å². The van der Waals surface area contributed by atoms with E-state index in [0.717, 1.165) is 0 Å². The first-order chi connectivity index (χ1) is 15.0. The molecule has 0 fully saturated rings. The zero-order chi connectivity index (χ0) is 23.5. The number of hydrogen-bond acceptors (Lipinski definition) is 8. The molecule has 10 nitrogen and oxygen atoms in total. The number of phenolic OH excluding ortho intramolecular Hbond substituents is 1. The highest BCUT2D eigenvalue weighted by atomic mass is 16.3. The van der Waals surface area contributed by atoms with Crippen LogP contribution in [0.25, 0.3) is 0 Å². The summed E-state index contributed by atoms with van der Waals surface area (Å²) < 4.78 is 0. The number of hydrogen-bond donors (Lipinski definition) is 6. The fourth-order valence-electron chi connectivity index (χ4n) is 5.18. The maximum absolute atomic E-state index is 13.3. The number of ketones is 2. The summed E-state index contributed by atoms with van der Waals surface area (Å²) in [7, 11) is 0. The van der Waals surface area contributed by atoms with E-state index in [9.17, 15) is 39.6 Å². The van der Waals surface area contributed by atoms with Gasteiger partial charge in [-0.15, -0.1) is 0 Å². The third-order valence-electron chi connectivity index (χ3n) is 6.68. The predicted octanol–water partition coefficient (Wildman–Crippen LogP) is -0.00160. The number of aryl methyl sites for hydroxylation is 1. The minimum absolute atomic E-state index is 0.0372. The van der Waals surface area contributed by atoms with Crippen LogP contribution in [0.5, 0.6) is 5.75 Å². The van der Waals surface area contributed by atoms with Gasteiger partial charge in [-0.1, -0.05) is 6.07 Å². The van der Waals surface area contributed by atoms with Crippen LogP contribution in [-0.2, 0) is 27.2 Å². The van der Waals surface area contributed by atoms with E-state index in [0.29, 0.717) is 11.1 Å². The molecular formula is C22H22N2O8. The van der Waals surface area contributed by atoms with Crippen molar-refractivity contribution in [3.8, 4) is 5.75 Å². The fourth-order valence-corrected chi connectivity index (χ4v) is 5.18. The molecule has 0 saturated heterocycles. The number of nitrogens with two attached hydrogens (primary N) is 2. The summed E-state index contributed by atoms with van der Waals surface area (Å²) in [4.78, 5) is 49.1. The highest BCUT2D eigenvalue weighted by Gasteiger charge is 2.59. The maximum Gasteiger partial charge on any atom is 0.255 e. The SMILES string of the molecule is NC(=O)CCc1ccc(O)c2c1C[C@H]1C[C@H]3CC(O)=C(C(N)=O)C(=O)[C@@]3(O)C(O)=C1C2=O. The lowest BCUT2D eigenvalue weighted by Gasteiger charge is -2.45. The van der Waals surface area contributed by atoms with E-state index in [1.54, 1.807) is 6.07 Å². The third-order valence-corrected chi connectivity index (χ3v) is 6.68. The van der Waals surface area contributed by atoms with Crippen LogP contribution in [0.15, 0.2) is 34.8 Å². The molecule has 3 aliphatic carbocycles. The van der Waals surface area contributed by atoms with Crippen molar-refractivity contribution in [2.45, 2.75) is 37.7 Å². The van der Waals surface area contributed by atoms with Crippen LogP contribution in [0.4, 0.5) is 0 Å². The zero-order valence-electron chi connectivity index (χ0n) is 16.9. The minimum atomic E-state index is -2.59. The average molecular weight is 442 g/mol. The molecule has 1 aromatic rings. The van der Waals surface area contributed by atoms with Gasteiger partial charge in [-0.25, -0.2) is 0 Å². The van der Waals surface area contributed by atoms with Gasteiger partial charge in [0.05, 0.1) is 5.56 Å². The van der Waals surface area contributed by atoms with E-state index in [2.05, 4.69) is 0 Å². The molecule has 3 aliphatic rings. The fraction of sp³-hybridized carbons (Fsp3) is 0.364. The first-order valence-electron chi connectivity index (χ1n) is 10.1. The second kappa shape index (κ2) is 7.20. The van der Waals surface area contributed by atoms with Gasteiger partial charge in [0.1, 0.15) is 22.8 Å². The Bertz CT molecular complexity index is 1160. The standard InChI is InChI=1S/C22H22N2O8/c23-14(27)4-2-8-1-3-12(25)16-11(8)6-9-5-10-7-13(26)17(21(24)31)20(30)22(10,32)19(29)15(9)18(16)28/h1,3,9-10,25-26,29,32H,2,4-7H2,(H2,23,27)(H2,24,31)/t9-,10+,22+/m1/s1. The first-order valence-corrected chi connectivity index (χ1v) is 10.1. The number of fused-ring (bicyclic) bond motifs is 3. The van der Waals surface area contributed by atoms with Gasteiger partial charge in [-0.3, -0.25) is 19.2 Å². The number of phenols is 1. The van der Waals surface area contributed by atoms with Gasteiger partial charge in [0.2, 0.25) is 11.7 Å². The topological polar surface area (TPSA) is 201 Å². The monoisotopic (exact) mass is 442 g/mol. The van der Waals surface area contributed by atoms with Gasteiger partial charge < -0.3 is 31.9 Å². The number of rotatable bonds is 4. The largest absolute Gasteiger partial charge is 0.511 e. The molecule has 10 heteroatoms. The first kappa shape index (κ1) is 21.6. The number of aliphatic hydroxyl groups excluding tert-OH is 2. The van der Waals surface area contributed by atoms with Gasteiger partial charge in [-0.05, 0) is 42.4 Å². The van der Waals surface area contributed by atoms with Crippen LogP contribution in [0.1, 0.15) is 40.7 Å². The van der Waals surface area contributed by atoms with Gasteiger partial charge in [0, 0.05) is 24.3 Å². The molecule has 0 aromatic heterocycles. The van der Waals surface area contributed by atoms with Crippen molar-refractivity contribution >= 4 is 23.4 Å². The Morgan fingerprint density at radius 2 is 1.78 bits per heavy atom. The molecular weight excluding hydrogens is 420 g/mol. The van der Waals surface area contributed by atoms with E-state index in [-0.39, 0.29) is 49.0 Å². The number of carbonyl (C=O) groups is 4. The number of aromatic hydroxyl groups is 1. The lowest BCUT2D eigenvalue weighted by molar-refractivity contribution is -0.144. The van der Waals surface area contributed by atoms with Crippen LogP contribution in [-0.4, -0.2) is 49.4 Å². The Morgan fingerprint density at radius 3 is 2.41 bits per heavy atom. The maximum atomic E-state index is 13.3. The normalized spacial score (nSPS) is 27.0. The van der Waals surface area contributed by atoms with E-state index in [1.807, 2.05) is 0 Å². The summed E-state index contributed by atoms with van der Waals surface area (Å²) in [5, 5.41) is 42.6. The smallest absolute Gasteiger partial charge is 0.255 e. The van der Waals surface area contributed by atoms with Crippen LogP contribution in [0.2, 0.25) is 0 Å². The third kappa shape index (κ3) is 2.90. The Labute approximate surface area is 181 Å². The zero-order valence-corrected chi connectivity index (χ0v) is 16.9. The molecule has 1 aromatic carbocycles. The van der Waals surface area contributed by atoms with E-state index in [4.69, 9.17) is 11.5 Å². The van der Waals surface area contributed by atoms with Crippen LogP contribution < -0.4 is 11.5 Å². The summed E-state index contributed by atoms with van der Waals surface area (Å²) in [5.74, 6) is -7.22. The highest BCUT2D eigenvalue weighted by Crippen LogP contribution is 2.51. The summed E-state index contributed by atoms with van der Waals surface area (Å²) >= 11 is 0. The van der Waals surface area contributed by atoms with E-state index < -0.39 is 57.9 Å². The van der Waals surface area contributed by atoms with E-state index in [1.165, 1.54) is 6.07 Å². The Balaban J connectivity index is 1.85. The summed E-state index contributed by atoms with van der Waals surface area (Å²) in [6, 6.07) is 2.89. The molecule has 8 N–H and O–H groups in total. The van der Waals surface area contributed by atoms with Gasteiger partial charge in [0.15, 0.2) is 11.4 Å². The second-order valence-corrected chi connectivity index (χ2v) is 8.47. The summed E-state index contributed by atoms with van der Waals surface area (Å²) in [6.45, 7) is 0. The summed E-state index contributed by atoms with van der Waals surface area (Å²) in [5.41, 5.74) is 7.83. The second-order valence-electron chi connectivity index (χ2n) is 8.47. The lowest BCUT2D eigenvalue weighted by Crippen LogP contribution is -2.57. The predicted molar refractivity (Wildman–Crippen MR) is 108 cm³/mol. The quantitative estimate of drug-likeness (QED) is 0.350. The molecule has 3 atom stereocenters. The molecule has 0 heterocycles. The molecule has 0 aliphatic heterocycles. The number of amides is 2. The molecule has 32 heavy (non-hydrogen) atoms. The van der Waals surface area contributed by atoms with Crippen molar-refractivity contribution < 1.29 is 39.6 Å². The van der Waals surface area contributed by atoms with Gasteiger partial charge >= 0.3 is 0 Å². The van der Waals surface area contributed by atoms with Gasteiger partial charge in [-0.2, -0.15) is 0 Å². The Morgan fingerprint density at radius 1 is 1.09 bits per heavy atom. The number of carbonyl (C=O) groups excluding carboxylic acids is 4. The Kier molecular flexibility index (Phi) is 4.85. The lowest BCUT2D eigenvalue weighted by atomic mass is 9.60. The van der Waals surface area contributed by atoms with Crippen LogP contribution in [0.3, 0.4) is 0 Å².